The SMILES string of the molecule is COCc1cc(-c2cccc(OC)c2)n2ncc(C(=O)O)c2n1.[NaH]. The van der Waals surface area contributed by atoms with Gasteiger partial charge in [0.25, 0.3) is 0 Å². The molecule has 0 amide bonds. The van der Waals surface area contributed by atoms with Gasteiger partial charge in [-0.2, -0.15) is 5.10 Å². The zero-order chi connectivity index (χ0) is 16.4. The molecule has 24 heavy (non-hydrogen) atoms. The topological polar surface area (TPSA) is 86.0 Å². The molecule has 0 bridgehead atoms. The second-order valence-corrected chi connectivity index (χ2v) is 4.90. The second kappa shape index (κ2) is 7.76. The molecule has 2 aromatic heterocycles. The third kappa shape index (κ3) is 3.44. The second-order valence-electron chi connectivity index (χ2n) is 4.90. The molecule has 1 N–H and O–H groups in total. The van der Waals surface area contributed by atoms with Crippen LogP contribution in [0.1, 0.15) is 16.1 Å². The Labute approximate surface area is 160 Å². The zero-order valence-corrected chi connectivity index (χ0v) is 12.7. The number of rotatable bonds is 5. The van der Waals surface area contributed by atoms with Crippen LogP contribution in [0.25, 0.3) is 16.9 Å². The molecular weight excluding hydrogens is 321 g/mol. The van der Waals surface area contributed by atoms with Gasteiger partial charge in [-0.15, -0.1) is 0 Å². The predicted molar refractivity (Wildman–Crippen MR) is 89.8 cm³/mol. The van der Waals surface area contributed by atoms with Crippen LogP contribution < -0.4 is 4.74 Å². The maximum atomic E-state index is 11.3. The number of hydrogen-bond acceptors (Lipinski definition) is 5. The van der Waals surface area contributed by atoms with E-state index in [0.717, 1.165) is 5.56 Å². The van der Waals surface area contributed by atoms with E-state index in [1.807, 2.05) is 30.3 Å². The van der Waals surface area contributed by atoms with Crippen LogP contribution in [0.3, 0.4) is 0 Å². The molecule has 0 aliphatic rings. The number of carbonyl (C=O) groups is 1. The molecule has 3 aromatic rings. The molecule has 120 valence electrons. The summed E-state index contributed by atoms with van der Waals surface area (Å²) in [5.74, 6) is -0.370. The van der Waals surface area contributed by atoms with Gasteiger partial charge >= 0.3 is 35.5 Å². The molecule has 0 saturated heterocycles. The summed E-state index contributed by atoms with van der Waals surface area (Å²) in [7, 11) is 3.15. The molecule has 2 heterocycles. The molecule has 0 aliphatic carbocycles. The van der Waals surface area contributed by atoms with E-state index in [9.17, 15) is 9.90 Å². The van der Waals surface area contributed by atoms with Gasteiger partial charge in [-0.25, -0.2) is 14.3 Å². The van der Waals surface area contributed by atoms with Gasteiger partial charge in [0.1, 0.15) is 11.3 Å². The van der Waals surface area contributed by atoms with Gasteiger partial charge in [0, 0.05) is 12.7 Å². The molecule has 0 atom stereocenters. The summed E-state index contributed by atoms with van der Waals surface area (Å²) in [6.45, 7) is 0.276. The Morgan fingerprint density at radius 2 is 2.08 bits per heavy atom. The number of ether oxygens (including phenoxy) is 2. The summed E-state index contributed by atoms with van der Waals surface area (Å²) in [4.78, 5) is 15.7. The monoisotopic (exact) mass is 337 g/mol. The van der Waals surface area contributed by atoms with Crippen molar-refractivity contribution in [3.05, 3.63) is 47.8 Å². The van der Waals surface area contributed by atoms with E-state index in [-0.39, 0.29) is 47.4 Å². The van der Waals surface area contributed by atoms with Crippen molar-refractivity contribution in [2.75, 3.05) is 14.2 Å². The molecule has 8 heteroatoms. The average molecular weight is 337 g/mol. The van der Waals surface area contributed by atoms with Crippen LogP contribution in [0, 0.1) is 0 Å². The number of carboxylic acids is 1. The Morgan fingerprint density at radius 3 is 2.75 bits per heavy atom. The zero-order valence-electron chi connectivity index (χ0n) is 12.7. The van der Waals surface area contributed by atoms with E-state index >= 15 is 0 Å². The number of benzene rings is 1. The Bertz CT molecular complexity index is 879. The van der Waals surface area contributed by atoms with Gasteiger partial charge in [-0.1, -0.05) is 12.1 Å². The number of carboxylic acid groups (broad SMARTS) is 1. The number of hydrogen-bond donors (Lipinski definition) is 1. The van der Waals surface area contributed by atoms with Crippen molar-refractivity contribution in [1.82, 2.24) is 14.6 Å². The fourth-order valence-corrected chi connectivity index (χ4v) is 2.37. The third-order valence-electron chi connectivity index (χ3n) is 3.41. The van der Waals surface area contributed by atoms with Crippen LogP contribution in [0.5, 0.6) is 5.75 Å². The quantitative estimate of drug-likeness (QED) is 0.712. The van der Waals surface area contributed by atoms with Crippen molar-refractivity contribution in [3.8, 4) is 17.0 Å². The van der Waals surface area contributed by atoms with Gasteiger partial charge in [0.2, 0.25) is 0 Å². The van der Waals surface area contributed by atoms with Gasteiger partial charge in [0.05, 0.1) is 31.3 Å². The summed E-state index contributed by atoms with van der Waals surface area (Å²) >= 11 is 0. The summed E-state index contributed by atoms with van der Waals surface area (Å²) < 4.78 is 11.9. The number of methoxy groups -OCH3 is 2. The minimum atomic E-state index is -1.07. The van der Waals surface area contributed by atoms with E-state index in [1.54, 1.807) is 14.2 Å². The Hall–Kier alpha value is -1.93. The van der Waals surface area contributed by atoms with Crippen molar-refractivity contribution in [3.63, 3.8) is 0 Å². The Morgan fingerprint density at radius 1 is 1.29 bits per heavy atom. The van der Waals surface area contributed by atoms with Crippen LogP contribution in [-0.2, 0) is 11.3 Å². The Kier molecular flexibility index (Phi) is 5.95. The number of aromatic nitrogens is 3. The average Bonchev–Trinajstić information content (AvgIpc) is 2.98. The first kappa shape index (κ1) is 18.4. The van der Waals surface area contributed by atoms with E-state index < -0.39 is 5.97 Å². The number of aromatic carboxylic acids is 1. The molecular formula is C16H16N3NaO4. The molecule has 3 rings (SSSR count). The van der Waals surface area contributed by atoms with E-state index in [2.05, 4.69) is 10.1 Å². The molecule has 0 saturated carbocycles. The number of nitrogens with zero attached hydrogens (tertiary/aromatic N) is 3. The van der Waals surface area contributed by atoms with Crippen molar-refractivity contribution in [2.45, 2.75) is 6.61 Å². The number of fused-ring (bicyclic) bond motifs is 1. The van der Waals surface area contributed by atoms with Crippen LogP contribution in [-0.4, -0.2) is 69.5 Å². The van der Waals surface area contributed by atoms with Gasteiger partial charge < -0.3 is 14.6 Å². The Balaban J connectivity index is 0.00000208. The summed E-state index contributed by atoms with van der Waals surface area (Å²) in [6, 6.07) is 9.27. The summed E-state index contributed by atoms with van der Waals surface area (Å²) in [5.41, 5.74) is 2.51. The maximum absolute atomic E-state index is 11.3. The standard InChI is InChI=1S/C16H15N3O4.Na.H/c1-22-9-11-7-14(10-4-3-5-12(6-10)23-2)19-15(18-11)13(8-17-19)16(20)21;;/h3-8H,9H2,1-2H3,(H,20,21);;. The van der Waals surface area contributed by atoms with Crippen molar-refractivity contribution in [1.29, 1.82) is 0 Å². The van der Waals surface area contributed by atoms with Crippen LogP contribution in [0.4, 0.5) is 0 Å². The molecule has 0 aliphatic heterocycles. The molecule has 1 aromatic carbocycles. The van der Waals surface area contributed by atoms with E-state index in [0.29, 0.717) is 17.1 Å². The van der Waals surface area contributed by atoms with Crippen LogP contribution in [0.15, 0.2) is 36.5 Å². The first-order chi connectivity index (χ1) is 11.1. The summed E-state index contributed by atoms with van der Waals surface area (Å²) in [6.07, 6.45) is 1.30. The first-order valence-corrected chi connectivity index (χ1v) is 6.88. The van der Waals surface area contributed by atoms with Gasteiger partial charge in [-0.05, 0) is 18.2 Å². The molecule has 7 nitrogen and oxygen atoms in total. The fraction of sp³-hybridized carbons (Fsp3) is 0.188. The minimum absolute atomic E-state index is 0. The van der Waals surface area contributed by atoms with Crippen LogP contribution in [0.2, 0.25) is 0 Å². The molecule has 0 unspecified atom stereocenters. The van der Waals surface area contributed by atoms with Gasteiger partial charge in [-0.3, -0.25) is 0 Å². The first-order valence-electron chi connectivity index (χ1n) is 6.88. The van der Waals surface area contributed by atoms with Crippen molar-refractivity contribution >= 4 is 41.2 Å². The molecule has 0 radical (unpaired) electrons. The third-order valence-corrected chi connectivity index (χ3v) is 3.41. The van der Waals surface area contributed by atoms with Crippen LogP contribution >= 0.6 is 0 Å². The molecule has 0 fully saturated rings. The van der Waals surface area contributed by atoms with Gasteiger partial charge in [0.15, 0.2) is 5.65 Å². The fourth-order valence-electron chi connectivity index (χ4n) is 2.37. The molecule has 0 spiro atoms. The normalized spacial score (nSPS) is 10.4. The van der Waals surface area contributed by atoms with Crippen molar-refractivity contribution in [2.24, 2.45) is 0 Å². The van der Waals surface area contributed by atoms with E-state index in [1.165, 1.54) is 10.7 Å². The van der Waals surface area contributed by atoms with Crippen molar-refractivity contribution < 1.29 is 19.4 Å². The predicted octanol–water partition coefficient (Wildman–Crippen LogP) is 1.60. The van der Waals surface area contributed by atoms with E-state index in [4.69, 9.17) is 9.47 Å². The summed E-state index contributed by atoms with van der Waals surface area (Å²) in [5, 5.41) is 13.5.